The number of hydrogen-bond acceptors (Lipinski definition) is 5. The van der Waals surface area contributed by atoms with Crippen LogP contribution in [0.2, 0.25) is 0 Å². The van der Waals surface area contributed by atoms with E-state index in [2.05, 4.69) is 15.6 Å². The van der Waals surface area contributed by atoms with Crippen LogP contribution in [0.25, 0.3) is 0 Å². The van der Waals surface area contributed by atoms with Gasteiger partial charge in [0.05, 0.1) is 12.7 Å². The molecule has 2 unspecified atom stereocenters. The first-order chi connectivity index (χ1) is 20.8. The topological polar surface area (TPSA) is 83.4 Å². The van der Waals surface area contributed by atoms with Crippen molar-refractivity contribution in [3.63, 3.8) is 0 Å². The second-order valence-electron chi connectivity index (χ2n) is 12.4. The summed E-state index contributed by atoms with van der Waals surface area (Å²) in [6.07, 6.45) is -1.76. The van der Waals surface area contributed by atoms with E-state index in [9.17, 15) is 22.8 Å². The highest BCUT2D eigenvalue weighted by Gasteiger charge is 2.48. The maximum atomic E-state index is 14.2. The summed E-state index contributed by atoms with van der Waals surface area (Å²) in [6, 6.07) is 9.21. The van der Waals surface area contributed by atoms with Crippen molar-refractivity contribution in [3.8, 4) is 0 Å². The van der Waals surface area contributed by atoms with Crippen molar-refractivity contribution in [2.75, 3.05) is 25.0 Å². The molecule has 2 fully saturated rings. The number of carbonyl (C=O) groups is 2. The summed E-state index contributed by atoms with van der Waals surface area (Å²) >= 11 is 0. The molecule has 11 heteroatoms. The minimum atomic E-state index is -4.65. The number of hydrogen-bond donors (Lipinski definition) is 1. The molecular formula is C33H41F3N6O2. The Morgan fingerprint density at radius 1 is 0.977 bits per heavy atom. The Kier molecular flexibility index (Phi) is 9.04. The Labute approximate surface area is 256 Å². The zero-order chi connectivity index (χ0) is 31.8. The first-order valence-corrected chi connectivity index (χ1v) is 15.3. The first kappa shape index (κ1) is 31.5. The molecule has 5 rings (SSSR count). The van der Waals surface area contributed by atoms with Crippen molar-refractivity contribution in [2.24, 2.45) is 5.92 Å². The van der Waals surface area contributed by atoms with Gasteiger partial charge in [-0.1, -0.05) is 41.1 Å². The number of piperidine rings is 1. The van der Waals surface area contributed by atoms with Gasteiger partial charge in [0.2, 0.25) is 11.8 Å². The predicted octanol–water partition coefficient (Wildman–Crippen LogP) is 5.62. The molecule has 3 aromatic rings. The molecule has 2 aliphatic rings. The lowest BCUT2D eigenvalue weighted by Crippen LogP contribution is -2.51. The fraction of sp³-hybridized carbons (Fsp3) is 0.515. The number of halogens is 3. The van der Waals surface area contributed by atoms with Gasteiger partial charge in [0.25, 0.3) is 0 Å². The fourth-order valence-corrected chi connectivity index (χ4v) is 6.81. The van der Waals surface area contributed by atoms with E-state index in [1.54, 1.807) is 24.7 Å². The van der Waals surface area contributed by atoms with Gasteiger partial charge in [0.1, 0.15) is 17.7 Å². The van der Waals surface area contributed by atoms with E-state index in [0.29, 0.717) is 37.9 Å². The lowest BCUT2D eigenvalue weighted by atomic mass is 9.89. The van der Waals surface area contributed by atoms with Crippen LogP contribution in [0.5, 0.6) is 0 Å². The molecule has 2 aliphatic heterocycles. The molecule has 1 N–H and O–H groups in total. The zero-order valence-electron chi connectivity index (χ0n) is 26.0. The van der Waals surface area contributed by atoms with E-state index in [4.69, 9.17) is 0 Å². The molecule has 2 aromatic carbocycles. The number of rotatable bonds is 8. The molecule has 0 radical (unpaired) electrons. The largest absolute Gasteiger partial charge is 0.400 e. The summed E-state index contributed by atoms with van der Waals surface area (Å²) in [7, 11) is 0. The monoisotopic (exact) mass is 610 g/mol. The lowest BCUT2D eigenvalue weighted by molar-refractivity contribution is -0.189. The quantitative estimate of drug-likeness (QED) is 0.358. The van der Waals surface area contributed by atoms with Crippen molar-refractivity contribution in [2.45, 2.75) is 85.1 Å². The molecule has 8 nitrogen and oxygen atoms in total. The maximum Gasteiger partial charge on any atom is 0.400 e. The minimum Gasteiger partial charge on any atom is -0.379 e. The third-order valence-corrected chi connectivity index (χ3v) is 9.17. The van der Waals surface area contributed by atoms with E-state index in [1.807, 2.05) is 56.0 Å². The molecule has 1 aromatic heterocycles. The number of likely N-dealkylation sites (tertiary alicyclic amines) is 2. The van der Waals surface area contributed by atoms with E-state index < -0.39 is 24.0 Å². The van der Waals surface area contributed by atoms with Crippen LogP contribution in [0.1, 0.15) is 64.4 Å². The number of alkyl halides is 3. The molecule has 0 saturated carbocycles. The molecule has 3 heterocycles. The SMILES string of the molecule is Cc1cc(C)c(CC(C(=O)N2CCC(N3CCC(n4cc(CNc5c(C)cccc5C)nn4)C3=O)CC2)C(F)(F)F)c(C)c1. The van der Waals surface area contributed by atoms with Gasteiger partial charge in [0.15, 0.2) is 0 Å². The van der Waals surface area contributed by atoms with Crippen molar-refractivity contribution in [1.29, 1.82) is 0 Å². The van der Waals surface area contributed by atoms with Crippen LogP contribution in [0, 0.1) is 40.5 Å². The summed E-state index contributed by atoms with van der Waals surface area (Å²) < 4.78 is 44.2. The molecule has 236 valence electrons. The highest BCUT2D eigenvalue weighted by molar-refractivity contribution is 5.83. The summed E-state index contributed by atoms with van der Waals surface area (Å²) in [5.74, 6) is -3.04. The highest BCUT2D eigenvalue weighted by Crippen LogP contribution is 2.35. The first-order valence-electron chi connectivity index (χ1n) is 15.3. The van der Waals surface area contributed by atoms with Gasteiger partial charge in [-0.15, -0.1) is 5.10 Å². The van der Waals surface area contributed by atoms with Gasteiger partial charge in [0, 0.05) is 31.4 Å². The van der Waals surface area contributed by atoms with Gasteiger partial charge in [-0.2, -0.15) is 13.2 Å². The van der Waals surface area contributed by atoms with E-state index in [1.165, 1.54) is 4.90 Å². The second kappa shape index (κ2) is 12.6. The number of aromatic nitrogens is 3. The third kappa shape index (κ3) is 6.61. The predicted molar refractivity (Wildman–Crippen MR) is 162 cm³/mol. The van der Waals surface area contributed by atoms with Crippen LogP contribution in [-0.4, -0.2) is 68.5 Å². The van der Waals surface area contributed by atoms with Crippen molar-refractivity contribution in [3.05, 3.63) is 75.6 Å². The molecule has 2 atom stereocenters. The number of para-hydroxylation sites is 1. The van der Waals surface area contributed by atoms with Crippen LogP contribution in [-0.2, 0) is 22.6 Å². The van der Waals surface area contributed by atoms with E-state index in [-0.39, 0.29) is 31.5 Å². The summed E-state index contributed by atoms with van der Waals surface area (Å²) in [4.78, 5) is 29.8. The van der Waals surface area contributed by atoms with Gasteiger partial charge < -0.3 is 15.1 Å². The molecule has 0 aliphatic carbocycles. The van der Waals surface area contributed by atoms with E-state index >= 15 is 0 Å². The average Bonchev–Trinajstić information content (AvgIpc) is 3.57. The Balaban J connectivity index is 1.18. The molecule has 0 spiro atoms. The molecule has 2 amide bonds. The fourth-order valence-electron chi connectivity index (χ4n) is 6.81. The smallest absolute Gasteiger partial charge is 0.379 e. The summed E-state index contributed by atoms with van der Waals surface area (Å²) in [6.45, 7) is 11.0. The number of carbonyl (C=O) groups excluding carboxylic acids is 2. The second-order valence-corrected chi connectivity index (χ2v) is 12.4. The Morgan fingerprint density at radius 2 is 1.61 bits per heavy atom. The lowest BCUT2D eigenvalue weighted by Gasteiger charge is -2.38. The van der Waals surface area contributed by atoms with Crippen molar-refractivity contribution < 1.29 is 22.8 Å². The number of aryl methyl sites for hydroxylation is 5. The molecule has 2 saturated heterocycles. The van der Waals surface area contributed by atoms with Crippen LogP contribution >= 0.6 is 0 Å². The number of nitrogens with zero attached hydrogens (tertiary/aromatic N) is 5. The van der Waals surface area contributed by atoms with Gasteiger partial charge in [-0.05, 0) is 88.1 Å². The standard InChI is InChI=1S/C33H41F3N6O2/c1-20-15-23(4)27(24(5)16-20)17-28(33(34,35)36)31(43)40-12-9-26(10-13-40)41-14-11-29(32(41)44)42-19-25(38-39-42)18-37-30-21(2)7-6-8-22(30)3/h6-8,15-16,19,26,28-29,37H,9-14,17-18H2,1-5H3. The Hall–Kier alpha value is -3.89. The van der Waals surface area contributed by atoms with Crippen LogP contribution in [0.15, 0.2) is 36.5 Å². The molecule has 0 bridgehead atoms. The molecule has 44 heavy (non-hydrogen) atoms. The number of benzene rings is 2. The maximum absolute atomic E-state index is 14.2. The van der Waals surface area contributed by atoms with E-state index in [0.717, 1.165) is 39.2 Å². The van der Waals surface area contributed by atoms with Gasteiger partial charge in [-0.3, -0.25) is 9.59 Å². The average molecular weight is 611 g/mol. The normalized spacial score (nSPS) is 18.6. The van der Waals surface area contributed by atoms with Gasteiger partial charge >= 0.3 is 6.18 Å². The van der Waals surface area contributed by atoms with Crippen LogP contribution in [0.4, 0.5) is 18.9 Å². The summed E-state index contributed by atoms with van der Waals surface area (Å²) in [5, 5.41) is 11.9. The van der Waals surface area contributed by atoms with Crippen LogP contribution < -0.4 is 5.32 Å². The van der Waals surface area contributed by atoms with Crippen LogP contribution in [0.3, 0.4) is 0 Å². The summed E-state index contributed by atoms with van der Waals surface area (Å²) in [5.41, 5.74) is 7.14. The Bertz CT molecular complexity index is 1480. The van der Waals surface area contributed by atoms with Crippen molar-refractivity contribution >= 4 is 17.5 Å². The van der Waals surface area contributed by atoms with Gasteiger partial charge in [-0.25, -0.2) is 4.68 Å². The van der Waals surface area contributed by atoms with Crippen molar-refractivity contribution in [1.82, 2.24) is 24.8 Å². The number of anilines is 1. The number of amides is 2. The third-order valence-electron chi connectivity index (χ3n) is 9.17. The molecular weight excluding hydrogens is 569 g/mol. The highest BCUT2D eigenvalue weighted by atomic mass is 19.4. The minimum absolute atomic E-state index is 0.0626. The number of nitrogens with one attached hydrogen (secondary N) is 1. The zero-order valence-corrected chi connectivity index (χ0v) is 26.0. The Morgan fingerprint density at radius 3 is 2.23 bits per heavy atom.